The second kappa shape index (κ2) is 8.45. The number of halogens is 2. The molecule has 0 fully saturated rings. The zero-order valence-electron chi connectivity index (χ0n) is 15.7. The molecule has 8 heteroatoms. The lowest BCUT2D eigenvalue weighted by Gasteiger charge is -2.13. The Labute approximate surface area is 179 Å². The topological polar surface area (TPSA) is 75.3 Å². The molecule has 0 aliphatic heterocycles. The van der Waals surface area contributed by atoms with Crippen molar-refractivity contribution in [3.63, 3.8) is 0 Å². The number of nitrogens with one attached hydrogen (secondary N) is 2. The van der Waals surface area contributed by atoms with E-state index in [-0.39, 0.29) is 4.90 Å². The van der Waals surface area contributed by atoms with Crippen LogP contribution in [-0.2, 0) is 10.0 Å². The largest absolute Gasteiger partial charge is 0.322 e. The number of hydrogen-bond donors (Lipinski definition) is 2. The average molecular weight is 449 g/mol. The Bertz CT molecular complexity index is 1180. The molecule has 0 aliphatic rings. The molecule has 0 aliphatic carbocycles. The number of benzene rings is 3. The lowest BCUT2D eigenvalue weighted by atomic mass is 10.1. The van der Waals surface area contributed by atoms with Crippen LogP contribution in [0.25, 0.3) is 0 Å². The standard InChI is InChI=1S/C21H18Cl2N2O3S/c1-13-3-8-17(9-4-13)29(27,28)25-20-11-15(6-5-14(20)2)21(26)24-16-7-10-18(22)19(23)12-16/h3-12,25H,1-2H3,(H,24,26). The zero-order valence-corrected chi connectivity index (χ0v) is 18.0. The van der Waals surface area contributed by atoms with Gasteiger partial charge in [0, 0.05) is 11.3 Å². The maximum Gasteiger partial charge on any atom is 0.261 e. The van der Waals surface area contributed by atoms with Gasteiger partial charge in [0.25, 0.3) is 15.9 Å². The van der Waals surface area contributed by atoms with E-state index in [2.05, 4.69) is 10.0 Å². The van der Waals surface area contributed by atoms with Gasteiger partial charge in [-0.15, -0.1) is 0 Å². The van der Waals surface area contributed by atoms with Crippen molar-refractivity contribution >= 4 is 50.5 Å². The van der Waals surface area contributed by atoms with Gasteiger partial charge in [0.1, 0.15) is 0 Å². The van der Waals surface area contributed by atoms with Gasteiger partial charge in [-0.1, -0.05) is 47.0 Å². The van der Waals surface area contributed by atoms with Crippen LogP contribution in [0.3, 0.4) is 0 Å². The Morgan fingerprint density at radius 3 is 2.21 bits per heavy atom. The quantitative estimate of drug-likeness (QED) is 0.528. The van der Waals surface area contributed by atoms with E-state index in [9.17, 15) is 13.2 Å². The number of carbonyl (C=O) groups is 1. The fourth-order valence-corrected chi connectivity index (χ4v) is 3.99. The van der Waals surface area contributed by atoms with Gasteiger partial charge in [0.2, 0.25) is 0 Å². The Hall–Kier alpha value is -2.54. The number of carbonyl (C=O) groups excluding carboxylic acids is 1. The minimum Gasteiger partial charge on any atom is -0.322 e. The summed E-state index contributed by atoms with van der Waals surface area (Å²) in [6.45, 7) is 3.64. The van der Waals surface area contributed by atoms with E-state index >= 15 is 0 Å². The first-order chi connectivity index (χ1) is 13.7. The van der Waals surface area contributed by atoms with Gasteiger partial charge in [-0.25, -0.2) is 8.42 Å². The molecule has 3 aromatic carbocycles. The van der Waals surface area contributed by atoms with Crippen LogP contribution in [0.2, 0.25) is 10.0 Å². The van der Waals surface area contributed by atoms with Gasteiger partial charge in [0.05, 0.1) is 20.6 Å². The smallest absolute Gasteiger partial charge is 0.261 e. The van der Waals surface area contributed by atoms with Crippen LogP contribution in [0.4, 0.5) is 11.4 Å². The fraction of sp³-hybridized carbons (Fsp3) is 0.0952. The number of aryl methyl sites for hydroxylation is 2. The fourth-order valence-electron chi connectivity index (χ4n) is 2.57. The molecule has 29 heavy (non-hydrogen) atoms. The summed E-state index contributed by atoms with van der Waals surface area (Å²) in [6, 6.07) is 16.1. The number of amides is 1. The van der Waals surface area contributed by atoms with Crippen LogP contribution in [0.1, 0.15) is 21.5 Å². The van der Waals surface area contributed by atoms with Gasteiger partial charge < -0.3 is 5.32 Å². The molecule has 0 saturated heterocycles. The highest BCUT2D eigenvalue weighted by molar-refractivity contribution is 7.92. The zero-order chi connectivity index (χ0) is 21.2. The maximum atomic E-state index is 12.7. The summed E-state index contributed by atoms with van der Waals surface area (Å²) in [7, 11) is -3.78. The molecule has 0 bridgehead atoms. The van der Waals surface area contributed by atoms with Gasteiger partial charge in [-0.05, 0) is 61.9 Å². The lowest BCUT2D eigenvalue weighted by molar-refractivity contribution is 0.102. The summed E-state index contributed by atoms with van der Waals surface area (Å²) in [5.41, 5.74) is 2.75. The first kappa shape index (κ1) is 21.2. The third-order valence-corrected chi connectivity index (χ3v) is 6.37. The highest BCUT2D eigenvalue weighted by Gasteiger charge is 2.17. The van der Waals surface area contributed by atoms with Gasteiger partial charge in [0.15, 0.2) is 0 Å². The molecule has 0 saturated carbocycles. The molecule has 0 radical (unpaired) electrons. The van der Waals surface area contributed by atoms with Crippen LogP contribution in [-0.4, -0.2) is 14.3 Å². The molecule has 3 aromatic rings. The maximum absolute atomic E-state index is 12.7. The van der Waals surface area contributed by atoms with Gasteiger partial charge in [-0.3, -0.25) is 9.52 Å². The SMILES string of the molecule is Cc1ccc(S(=O)(=O)Nc2cc(C(=O)Nc3ccc(Cl)c(Cl)c3)ccc2C)cc1. The summed E-state index contributed by atoms with van der Waals surface area (Å²) in [6.07, 6.45) is 0. The molecule has 0 atom stereocenters. The molecule has 0 unspecified atom stereocenters. The predicted octanol–water partition coefficient (Wildman–Crippen LogP) is 5.66. The van der Waals surface area contributed by atoms with E-state index < -0.39 is 15.9 Å². The minimum absolute atomic E-state index is 0.146. The van der Waals surface area contributed by atoms with Crippen LogP contribution in [0.5, 0.6) is 0 Å². The van der Waals surface area contributed by atoms with Gasteiger partial charge in [-0.2, -0.15) is 0 Å². The van der Waals surface area contributed by atoms with Crippen LogP contribution >= 0.6 is 23.2 Å². The monoisotopic (exact) mass is 448 g/mol. The number of rotatable bonds is 5. The summed E-state index contributed by atoms with van der Waals surface area (Å²) >= 11 is 11.9. The third kappa shape index (κ3) is 5.09. The Morgan fingerprint density at radius 2 is 1.55 bits per heavy atom. The van der Waals surface area contributed by atoms with E-state index in [0.717, 1.165) is 5.56 Å². The first-order valence-electron chi connectivity index (χ1n) is 8.62. The van der Waals surface area contributed by atoms with E-state index in [1.807, 2.05) is 6.92 Å². The molecule has 0 aromatic heterocycles. The molecule has 5 nitrogen and oxygen atoms in total. The summed E-state index contributed by atoms with van der Waals surface area (Å²) in [5.74, 6) is -0.404. The average Bonchev–Trinajstić information content (AvgIpc) is 2.66. The first-order valence-corrected chi connectivity index (χ1v) is 10.9. The molecule has 150 valence electrons. The molecule has 0 spiro atoms. The van der Waals surface area contributed by atoms with Crippen molar-refractivity contribution in [1.29, 1.82) is 0 Å². The van der Waals surface area contributed by atoms with Crippen molar-refractivity contribution in [3.05, 3.63) is 87.4 Å². The van der Waals surface area contributed by atoms with Crippen molar-refractivity contribution < 1.29 is 13.2 Å². The highest BCUT2D eigenvalue weighted by atomic mass is 35.5. The second-order valence-electron chi connectivity index (χ2n) is 6.53. The molecular formula is C21H18Cl2N2O3S. The third-order valence-electron chi connectivity index (χ3n) is 4.25. The lowest BCUT2D eigenvalue weighted by Crippen LogP contribution is -2.16. The minimum atomic E-state index is -3.78. The Morgan fingerprint density at radius 1 is 0.862 bits per heavy atom. The number of sulfonamides is 1. The molecule has 3 rings (SSSR count). The Kier molecular flexibility index (Phi) is 6.17. The predicted molar refractivity (Wildman–Crippen MR) is 118 cm³/mol. The molecule has 2 N–H and O–H groups in total. The van der Waals surface area contributed by atoms with E-state index in [4.69, 9.17) is 23.2 Å². The van der Waals surface area contributed by atoms with Crippen molar-refractivity contribution in [3.8, 4) is 0 Å². The van der Waals surface area contributed by atoms with Crippen molar-refractivity contribution in [2.75, 3.05) is 10.0 Å². The van der Waals surface area contributed by atoms with Crippen LogP contribution < -0.4 is 10.0 Å². The second-order valence-corrected chi connectivity index (χ2v) is 9.03. The molecular weight excluding hydrogens is 431 g/mol. The number of hydrogen-bond acceptors (Lipinski definition) is 3. The molecule has 1 amide bonds. The van der Waals surface area contributed by atoms with E-state index in [0.29, 0.717) is 32.5 Å². The number of anilines is 2. The summed E-state index contributed by atoms with van der Waals surface area (Å²) < 4.78 is 27.9. The van der Waals surface area contributed by atoms with Gasteiger partial charge >= 0.3 is 0 Å². The Balaban J connectivity index is 1.84. The van der Waals surface area contributed by atoms with Crippen molar-refractivity contribution in [2.24, 2.45) is 0 Å². The van der Waals surface area contributed by atoms with Crippen LogP contribution in [0, 0.1) is 13.8 Å². The van der Waals surface area contributed by atoms with Crippen molar-refractivity contribution in [1.82, 2.24) is 0 Å². The van der Waals surface area contributed by atoms with E-state index in [1.54, 1.807) is 43.3 Å². The van der Waals surface area contributed by atoms with Crippen LogP contribution in [0.15, 0.2) is 65.6 Å². The van der Waals surface area contributed by atoms with E-state index in [1.165, 1.54) is 24.3 Å². The summed E-state index contributed by atoms with van der Waals surface area (Å²) in [4.78, 5) is 12.7. The normalized spacial score (nSPS) is 11.2. The molecule has 0 heterocycles. The summed E-state index contributed by atoms with van der Waals surface area (Å²) in [5, 5.41) is 3.42. The van der Waals surface area contributed by atoms with Crippen molar-refractivity contribution in [2.45, 2.75) is 18.7 Å². The highest BCUT2D eigenvalue weighted by Crippen LogP contribution is 2.26.